The third kappa shape index (κ3) is 4.75. The predicted molar refractivity (Wildman–Crippen MR) is 115 cm³/mol. The lowest BCUT2D eigenvalue weighted by molar-refractivity contribution is -0.904. The summed E-state index contributed by atoms with van der Waals surface area (Å²) in [5, 5.41) is 10.7. The third-order valence-electron chi connectivity index (χ3n) is 5.24. The number of nitrogens with one attached hydrogen (secondary N) is 1. The number of fused-ring (bicyclic) bond motifs is 1. The quantitative estimate of drug-likeness (QED) is 0.471. The van der Waals surface area contributed by atoms with E-state index in [1.54, 1.807) is 0 Å². The molecule has 29 heavy (non-hydrogen) atoms. The van der Waals surface area contributed by atoms with Crippen molar-refractivity contribution in [3.8, 4) is 11.3 Å². The zero-order valence-electron chi connectivity index (χ0n) is 16.3. The molecule has 150 valence electrons. The average molecular weight is 410 g/mol. The van der Waals surface area contributed by atoms with Gasteiger partial charge in [-0.05, 0) is 6.07 Å². The molecule has 6 nitrogen and oxygen atoms in total. The van der Waals surface area contributed by atoms with E-state index in [0.29, 0.717) is 10.9 Å². The summed E-state index contributed by atoms with van der Waals surface area (Å²) < 4.78 is 0. The van der Waals surface area contributed by atoms with E-state index in [-0.39, 0.29) is 12.5 Å². The largest absolute Gasteiger partial charge is 0.391 e. The Morgan fingerprint density at radius 2 is 1.76 bits per heavy atom. The monoisotopic (exact) mass is 409 g/mol. The number of carbonyl (C=O) groups is 1. The number of carbonyl (C=O) groups excluding carboxylic acids is 1. The summed E-state index contributed by atoms with van der Waals surface area (Å²) in [4.78, 5) is 25.3. The highest BCUT2D eigenvalue weighted by atomic mass is 32.2. The van der Waals surface area contributed by atoms with Crippen LogP contribution in [-0.4, -0.2) is 71.0 Å². The van der Waals surface area contributed by atoms with Crippen LogP contribution in [0.2, 0.25) is 0 Å². The van der Waals surface area contributed by atoms with Gasteiger partial charge < -0.3 is 14.9 Å². The number of hydrogen-bond acceptors (Lipinski definition) is 5. The highest BCUT2D eigenvalue weighted by molar-refractivity contribution is 7.99. The summed E-state index contributed by atoms with van der Waals surface area (Å²) in [7, 11) is 0. The van der Waals surface area contributed by atoms with Gasteiger partial charge >= 0.3 is 0 Å². The Morgan fingerprint density at radius 1 is 1.03 bits per heavy atom. The fourth-order valence-electron chi connectivity index (χ4n) is 3.63. The van der Waals surface area contributed by atoms with Crippen LogP contribution in [0.4, 0.5) is 0 Å². The molecule has 2 heterocycles. The predicted octanol–water partition coefficient (Wildman–Crippen LogP) is 1.11. The Bertz CT molecular complexity index is 975. The van der Waals surface area contributed by atoms with Crippen molar-refractivity contribution in [3.63, 3.8) is 0 Å². The zero-order valence-corrected chi connectivity index (χ0v) is 17.1. The Labute approximate surface area is 174 Å². The van der Waals surface area contributed by atoms with Crippen LogP contribution in [-0.2, 0) is 4.79 Å². The number of quaternary nitrogens is 1. The molecule has 1 aliphatic rings. The molecule has 0 bridgehead atoms. The lowest BCUT2D eigenvalue weighted by Gasteiger charge is -2.31. The number of aliphatic hydroxyl groups excluding tert-OH is 1. The average Bonchev–Trinajstić information content (AvgIpc) is 2.78. The Morgan fingerprint density at radius 3 is 2.52 bits per heavy atom. The maximum absolute atomic E-state index is 12.6. The number of hydrogen-bond donors (Lipinski definition) is 2. The normalized spacial score (nSPS) is 15.0. The van der Waals surface area contributed by atoms with E-state index in [1.165, 1.54) is 16.7 Å². The van der Waals surface area contributed by atoms with Gasteiger partial charge in [-0.25, -0.2) is 9.97 Å². The molecule has 0 aliphatic carbocycles. The Kier molecular flexibility index (Phi) is 6.39. The van der Waals surface area contributed by atoms with Crippen molar-refractivity contribution in [2.75, 3.05) is 45.1 Å². The van der Waals surface area contributed by atoms with E-state index >= 15 is 0 Å². The second-order valence-corrected chi connectivity index (χ2v) is 8.07. The SMILES string of the molecule is O=C(CSc1nc(-c2ccccc2)c2ccccc2n1)N1CC[NH+](CCO)CC1. The number of aromatic nitrogens is 2. The minimum absolute atomic E-state index is 0.121. The second kappa shape index (κ2) is 9.35. The van der Waals surface area contributed by atoms with Crippen molar-refractivity contribution in [1.29, 1.82) is 0 Å². The van der Waals surface area contributed by atoms with E-state index in [4.69, 9.17) is 10.1 Å². The molecule has 4 rings (SSSR count). The minimum atomic E-state index is 0.121. The second-order valence-electron chi connectivity index (χ2n) is 7.13. The molecule has 0 unspecified atom stereocenters. The lowest BCUT2D eigenvalue weighted by atomic mass is 10.1. The van der Waals surface area contributed by atoms with Crippen LogP contribution in [0.3, 0.4) is 0 Å². The molecule has 1 aliphatic heterocycles. The molecular weight excluding hydrogens is 384 g/mol. The molecule has 1 aromatic heterocycles. The molecular formula is C22H25N4O2S+. The topological polar surface area (TPSA) is 70.8 Å². The number of thioether (sulfide) groups is 1. The molecule has 0 atom stereocenters. The van der Waals surface area contributed by atoms with Crippen molar-refractivity contribution in [3.05, 3.63) is 54.6 Å². The highest BCUT2D eigenvalue weighted by Crippen LogP contribution is 2.28. The first kappa shape index (κ1) is 19.8. The van der Waals surface area contributed by atoms with Crippen molar-refractivity contribution in [2.45, 2.75) is 5.16 Å². The van der Waals surface area contributed by atoms with Crippen LogP contribution in [0.1, 0.15) is 0 Å². The molecule has 2 aromatic carbocycles. The number of aliphatic hydroxyl groups is 1. The van der Waals surface area contributed by atoms with Gasteiger partial charge in [-0.1, -0.05) is 60.3 Å². The third-order valence-corrected chi connectivity index (χ3v) is 6.08. The summed E-state index contributed by atoms with van der Waals surface area (Å²) in [5.41, 5.74) is 2.83. The summed E-state index contributed by atoms with van der Waals surface area (Å²) in [6.45, 7) is 4.21. The van der Waals surface area contributed by atoms with Gasteiger partial charge in [-0.15, -0.1) is 0 Å². The van der Waals surface area contributed by atoms with E-state index in [1.807, 2.05) is 59.5 Å². The maximum atomic E-state index is 12.6. The summed E-state index contributed by atoms with van der Waals surface area (Å²) in [6.07, 6.45) is 0. The first-order chi connectivity index (χ1) is 14.2. The van der Waals surface area contributed by atoms with Crippen molar-refractivity contribution < 1.29 is 14.8 Å². The minimum Gasteiger partial charge on any atom is -0.391 e. The van der Waals surface area contributed by atoms with Crippen molar-refractivity contribution in [1.82, 2.24) is 14.9 Å². The summed E-state index contributed by atoms with van der Waals surface area (Å²) >= 11 is 1.40. The van der Waals surface area contributed by atoms with Gasteiger partial charge in [0.15, 0.2) is 5.16 Å². The highest BCUT2D eigenvalue weighted by Gasteiger charge is 2.23. The van der Waals surface area contributed by atoms with Crippen LogP contribution in [0.15, 0.2) is 59.8 Å². The number of amides is 1. The van der Waals surface area contributed by atoms with Crippen molar-refractivity contribution in [2.24, 2.45) is 0 Å². The Hall–Kier alpha value is -2.48. The van der Waals surface area contributed by atoms with Gasteiger partial charge in [0.25, 0.3) is 0 Å². The van der Waals surface area contributed by atoms with E-state index in [2.05, 4.69) is 4.98 Å². The first-order valence-electron chi connectivity index (χ1n) is 9.92. The number of piperazine rings is 1. The van der Waals surface area contributed by atoms with Crippen LogP contribution < -0.4 is 4.90 Å². The molecule has 1 amide bonds. The fraction of sp³-hybridized carbons (Fsp3) is 0.318. The van der Waals surface area contributed by atoms with E-state index in [0.717, 1.165) is 54.9 Å². The van der Waals surface area contributed by atoms with Gasteiger partial charge in [0.05, 0.1) is 49.7 Å². The van der Waals surface area contributed by atoms with Gasteiger partial charge in [-0.3, -0.25) is 4.79 Å². The van der Waals surface area contributed by atoms with Crippen LogP contribution in [0, 0.1) is 0 Å². The van der Waals surface area contributed by atoms with Crippen molar-refractivity contribution >= 4 is 28.6 Å². The van der Waals surface area contributed by atoms with Crippen LogP contribution in [0.5, 0.6) is 0 Å². The van der Waals surface area contributed by atoms with E-state index < -0.39 is 0 Å². The molecule has 0 spiro atoms. The standard InChI is InChI=1S/C22H24N4O2S/c27-15-14-25-10-12-26(13-11-25)20(28)16-29-22-23-19-9-5-4-8-18(19)21(24-22)17-6-2-1-3-7-17/h1-9,27H,10-16H2/p+1. The van der Waals surface area contributed by atoms with Gasteiger partial charge in [0.1, 0.15) is 6.54 Å². The molecule has 1 saturated heterocycles. The van der Waals surface area contributed by atoms with Gasteiger partial charge in [0, 0.05) is 10.9 Å². The van der Waals surface area contributed by atoms with Gasteiger partial charge in [0.2, 0.25) is 5.91 Å². The van der Waals surface area contributed by atoms with E-state index in [9.17, 15) is 4.79 Å². The summed E-state index contributed by atoms with van der Waals surface area (Å²) in [6, 6.07) is 18.1. The van der Waals surface area contributed by atoms with Crippen LogP contribution in [0.25, 0.3) is 22.2 Å². The number of para-hydroxylation sites is 1. The number of benzene rings is 2. The first-order valence-corrected chi connectivity index (χ1v) is 10.9. The van der Waals surface area contributed by atoms with Crippen LogP contribution >= 0.6 is 11.8 Å². The zero-order chi connectivity index (χ0) is 20.1. The molecule has 7 heteroatoms. The fourth-order valence-corrected chi connectivity index (χ4v) is 4.39. The molecule has 1 fully saturated rings. The molecule has 0 radical (unpaired) electrons. The molecule has 2 N–H and O–H groups in total. The number of rotatable bonds is 6. The molecule has 0 saturated carbocycles. The Balaban J connectivity index is 1.48. The summed E-state index contributed by atoms with van der Waals surface area (Å²) in [5.74, 6) is 0.457. The smallest absolute Gasteiger partial charge is 0.233 e. The molecule has 3 aromatic rings. The van der Waals surface area contributed by atoms with Gasteiger partial charge in [-0.2, -0.15) is 0 Å². The maximum Gasteiger partial charge on any atom is 0.233 e. The lowest BCUT2D eigenvalue weighted by Crippen LogP contribution is -3.15. The number of nitrogens with zero attached hydrogens (tertiary/aromatic N) is 3.